The maximum atomic E-state index is 11.2. The van der Waals surface area contributed by atoms with Gasteiger partial charge in [0, 0.05) is 28.9 Å². The molecule has 1 aromatic heterocycles. The molecule has 1 heterocycles. The molecule has 1 aromatic carbocycles. The zero-order valence-corrected chi connectivity index (χ0v) is 10.0. The Morgan fingerprint density at radius 3 is 3.00 bits per heavy atom. The highest BCUT2D eigenvalue weighted by molar-refractivity contribution is 7.84. The van der Waals surface area contributed by atoms with Crippen LogP contribution in [0, 0.1) is 0 Å². The molecule has 0 fully saturated rings. The van der Waals surface area contributed by atoms with Crippen molar-refractivity contribution in [3.63, 3.8) is 0 Å². The molecule has 0 saturated carbocycles. The summed E-state index contributed by atoms with van der Waals surface area (Å²) in [6, 6.07) is 7.87. The summed E-state index contributed by atoms with van der Waals surface area (Å²) < 4.78 is 11.2. The second-order valence-corrected chi connectivity index (χ2v) is 5.33. The van der Waals surface area contributed by atoms with Crippen LogP contribution in [-0.2, 0) is 10.8 Å². The second kappa shape index (κ2) is 5.12. The van der Waals surface area contributed by atoms with Crippen LogP contribution in [0.5, 0.6) is 0 Å². The number of para-hydroxylation sites is 2. The monoisotopic (exact) mass is 237 g/mol. The number of benzene rings is 1. The number of hydrogen-bond acceptors (Lipinski definition) is 3. The van der Waals surface area contributed by atoms with Gasteiger partial charge in [0.05, 0.1) is 11.0 Å². The fourth-order valence-corrected chi connectivity index (χ4v) is 2.08. The molecule has 5 heteroatoms. The third-order valence-electron chi connectivity index (χ3n) is 2.33. The van der Waals surface area contributed by atoms with Crippen molar-refractivity contribution in [1.29, 1.82) is 0 Å². The largest absolute Gasteiger partial charge is 0.355 e. The molecular weight excluding hydrogens is 222 g/mol. The Bertz CT molecular complexity index is 462. The standard InChI is InChI=1S/C11H15N3OS/c1-2-16(15)8-7-12-11-13-9-5-3-4-6-10(9)14-11/h3-6H,2,7-8H2,1H3,(H2,12,13,14). The minimum Gasteiger partial charge on any atom is -0.355 e. The molecule has 16 heavy (non-hydrogen) atoms. The Morgan fingerprint density at radius 2 is 2.25 bits per heavy atom. The van der Waals surface area contributed by atoms with Crippen molar-refractivity contribution in [1.82, 2.24) is 9.97 Å². The van der Waals surface area contributed by atoms with Crippen LogP contribution in [0.25, 0.3) is 11.0 Å². The van der Waals surface area contributed by atoms with E-state index in [1.165, 1.54) is 0 Å². The van der Waals surface area contributed by atoms with Crippen LogP contribution in [0.2, 0.25) is 0 Å². The topological polar surface area (TPSA) is 57.8 Å². The van der Waals surface area contributed by atoms with Crippen LogP contribution >= 0.6 is 0 Å². The van der Waals surface area contributed by atoms with Gasteiger partial charge in [-0.2, -0.15) is 0 Å². The normalized spacial score (nSPS) is 12.8. The Balaban J connectivity index is 1.97. The Morgan fingerprint density at radius 1 is 1.44 bits per heavy atom. The highest BCUT2D eigenvalue weighted by atomic mass is 32.2. The first-order valence-corrected chi connectivity index (χ1v) is 6.82. The zero-order valence-electron chi connectivity index (χ0n) is 9.19. The molecule has 1 unspecified atom stereocenters. The number of nitrogens with zero attached hydrogens (tertiary/aromatic N) is 1. The molecule has 0 saturated heterocycles. The van der Waals surface area contributed by atoms with Gasteiger partial charge in [0.1, 0.15) is 0 Å². The first-order valence-electron chi connectivity index (χ1n) is 5.33. The summed E-state index contributed by atoms with van der Waals surface area (Å²) in [4.78, 5) is 7.54. The fourth-order valence-electron chi connectivity index (χ4n) is 1.46. The van der Waals surface area contributed by atoms with Crippen molar-refractivity contribution in [2.75, 3.05) is 23.4 Å². The molecule has 0 aliphatic carbocycles. The van der Waals surface area contributed by atoms with Crippen LogP contribution in [0.4, 0.5) is 5.95 Å². The van der Waals surface area contributed by atoms with E-state index in [-0.39, 0.29) is 0 Å². The lowest BCUT2D eigenvalue weighted by molar-refractivity contribution is 0.684. The van der Waals surface area contributed by atoms with Gasteiger partial charge in [-0.1, -0.05) is 19.1 Å². The van der Waals surface area contributed by atoms with Crippen molar-refractivity contribution in [2.45, 2.75) is 6.92 Å². The molecule has 2 rings (SSSR count). The number of aromatic nitrogens is 2. The van der Waals surface area contributed by atoms with E-state index in [4.69, 9.17) is 0 Å². The quantitative estimate of drug-likeness (QED) is 0.833. The summed E-state index contributed by atoms with van der Waals surface area (Å²) in [5.74, 6) is 2.12. The maximum Gasteiger partial charge on any atom is 0.201 e. The Labute approximate surface area is 96.9 Å². The van der Waals surface area contributed by atoms with Crippen molar-refractivity contribution >= 4 is 27.8 Å². The van der Waals surface area contributed by atoms with Gasteiger partial charge >= 0.3 is 0 Å². The minimum atomic E-state index is -0.723. The van der Waals surface area contributed by atoms with Gasteiger partial charge in [-0.25, -0.2) is 4.98 Å². The number of fused-ring (bicyclic) bond motifs is 1. The average molecular weight is 237 g/mol. The number of aromatic amines is 1. The van der Waals surface area contributed by atoms with Crippen LogP contribution in [0.1, 0.15) is 6.92 Å². The van der Waals surface area contributed by atoms with Crippen molar-refractivity contribution in [3.05, 3.63) is 24.3 Å². The molecular formula is C11H15N3OS. The SMILES string of the molecule is CCS(=O)CCNc1nc2ccccc2[nH]1. The fraction of sp³-hybridized carbons (Fsp3) is 0.364. The first kappa shape index (κ1) is 11.1. The summed E-state index contributed by atoms with van der Waals surface area (Å²) in [5, 5.41) is 3.14. The van der Waals surface area contributed by atoms with E-state index in [2.05, 4.69) is 15.3 Å². The Kier molecular flexibility index (Phi) is 3.56. The van der Waals surface area contributed by atoms with E-state index in [0.717, 1.165) is 17.0 Å². The van der Waals surface area contributed by atoms with E-state index in [0.29, 0.717) is 18.1 Å². The van der Waals surface area contributed by atoms with E-state index in [1.54, 1.807) is 0 Å². The van der Waals surface area contributed by atoms with E-state index in [1.807, 2.05) is 31.2 Å². The van der Waals surface area contributed by atoms with Crippen LogP contribution < -0.4 is 5.32 Å². The van der Waals surface area contributed by atoms with Gasteiger partial charge in [-0.3, -0.25) is 4.21 Å². The molecule has 0 bridgehead atoms. The van der Waals surface area contributed by atoms with E-state index < -0.39 is 10.8 Å². The molecule has 0 radical (unpaired) electrons. The number of rotatable bonds is 5. The Hall–Kier alpha value is -1.36. The lowest BCUT2D eigenvalue weighted by Gasteiger charge is -2.00. The average Bonchev–Trinajstić information content (AvgIpc) is 2.71. The van der Waals surface area contributed by atoms with Gasteiger partial charge in [0.25, 0.3) is 0 Å². The molecule has 0 aliphatic rings. The lowest BCUT2D eigenvalue weighted by Crippen LogP contribution is -2.12. The lowest BCUT2D eigenvalue weighted by atomic mass is 10.3. The molecule has 0 amide bonds. The molecule has 86 valence electrons. The predicted octanol–water partition coefficient (Wildman–Crippen LogP) is 1.74. The third kappa shape index (κ3) is 2.61. The van der Waals surface area contributed by atoms with Crippen LogP contribution in [-0.4, -0.2) is 32.2 Å². The smallest absolute Gasteiger partial charge is 0.201 e. The summed E-state index contributed by atoms with van der Waals surface area (Å²) in [6.07, 6.45) is 0. The maximum absolute atomic E-state index is 11.2. The van der Waals surface area contributed by atoms with Gasteiger partial charge in [-0.15, -0.1) is 0 Å². The number of H-pyrrole nitrogens is 1. The summed E-state index contributed by atoms with van der Waals surface area (Å²) in [6.45, 7) is 2.61. The third-order valence-corrected chi connectivity index (χ3v) is 3.64. The van der Waals surface area contributed by atoms with Gasteiger partial charge < -0.3 is 10.3 Å². The van der Waals surface area contributed by atoms with E-state index in [9.17, 15) is 4.21 Å². The van der Waals surface area contributed by atoms with E-state index >= 15 is 0 Å². The van der Waals surface area contributed by atoms with Crippen LogP contribution in [0.3, 0.4) is 0 Å². The predicted molar refractivity (Wildman–Crippen MR) is 68.1 cm³/mol. The molecule has 0 spiro atoms. The molecule has 4 nitrogen and oxygen atoms in total. The number of nitrogens with one attached hydrogen (secondary N) is 2. The van der Waals surface area contributed by atoms with Crippen LogP contribution in [0.15, 0.2) is 24.3 Å². The summed E-state index contributed by atoms with van der Waals surface area (Å²) in [5.41, 5.74) is 1.96. The zero-order chi connectivity index (χ0) is 11.4. The highest BCUT2D eigenvalue weighted by Crippen LogP contribution is 2.12. The molecule has 2 aromatic rings. The van der Waals surface area contributed by atoms with Gasteiger partial charge in [-0.05, 0) is 12.1 Å². The van der Waals surface area contributed by atoms with Crippen molar-refractivity contribution in [3.8, 4) is 0 Å². The number of anilines is 1. The number of imidazole rings is 1. The van der Waals surface area contributed by atoms with Gasteiger partial charge in [0.2, 0.25) is 5.95 Å². The molecule has 2 N–H and O–H groups in total. The van der Waals surface area contributed by atoms with Crippen molar-refractivity contribution in [2.24, 2.45) is 0 Å². The van der Waals surface area contributed by atoms with Gasteiger partial charge in [0.15, 0.2) is 0 Å². The molecule has 0 aliphatic heterocycles. The number of hydrogen-bond donors (Lipinski definition) is 2. The van der Waals surface area contributed by atoms with Crippen molar-refractivity contribution < 1.29 is 4.21 Å². The summed E-state index contributed by atoms with van der Waals surface area (Å²) in [7, 11) is -0.723. The first-order chi connectivity index (χ1) is 7.79. The minimum absolute atomic E-state index is 0.660. The second-order valence-electron chi connectivity index (χ2n) is 3.46. The highest BCUT2D eigenvalue weighted by Gasteiger charge is 2.01. The molecule has 1 atom stereocenters. The summed E-state index contributed by atoms with van der Waals surface area (Å²) >= 11 is 0.